The molecule has 0 saturated heterocycles. The monoisotopic (exact) mass is 377 g/mol. The second kappa shape index (κ2) is 6.31. The van der Waals surface area contributed by atoms with Crippen LogP contribution in [-0.4, -0.2) is 0 Å². The van der Waals surface area contributed by atoms with Crippen molar-refractivity contribution in [3.8, 4) is 11.5 Å². The number of nitrogens with two attached hydrogens (primary N) is 1. The third kappa shape index (κ3) is 3.26. The van der Waals surface area contributed by atoms with Gasteiger partial charge in [0.2, 0.25) is 0 Å². The Morgan fingerprint density at radius 2 is 1.90 bits per heavy atom. The SMILES string of the molecule is CC(N)c1c(F)cccc1Oc1cc(Cl)c(Br)cc1Cl. The fraction of sp³-hybridized carbons (Fsp3) is 0.143. The van der Waals surface area contributed by atoms with Crippen LogP contribution in [0.15, 0.2) is 34.8 Å². The highest BCUT2D eigenvalue weighted by Gasteiger charge is 2.16. The van der Waals surface area contributed by atoms with Gasteiger partial charge in [-0.05, 0) is 41.1 Å². The number of ether oxygens (including phenoxy) is 1. The van der Waals surface area contributed by atoms with Gasteiger partial charge in [-0.15, -0.1) is 0 Å². The van der Waals surface area contributed by atoms with Crippen LogP contribution in [0.3, 0.4) is 0 Å². The Hall–Kier alpha value is -0.810. The van der Waals surface area contributed by atoms with Crippen LogP contribution in [0.5, 0.6) is 11.5 Å². The highest BCUT2D eigenvalue weighted by Crippen LogP contribution is 2.38. The molecular weight excluding hydrogens is 368 g/mol. The number of benzene rings is 2. The van der Waals surface area contributed by atoms with Crippen LogP contribution in [0.4, 0.5) is 4.39 Å². The first-order valence-corrected chi connectivity index (χ1v) is 7.31. The van der Waals surface area contributed by atoms with Gasteiger partial charge in [0.05, 0.1) is 10.0 Å². The maximum Gasteiger partial charge on any atom is 0.147 e. The normalized spacial score (nSPS) is 12.3. The zero-order valence-electron chi connectivity index (χ0n) is 10.5. The van der Waals surface area contributed by atoms with E-state index in [1.807, 2.05) is 0 Å². The number of halogens is 4. The van der Waals surface area contributed by atoms with Gasteiger partial charge >= 0.3 is 0 Å². The lowest BCUT2D eigenvalue weighted by Crippen LogP contribution is -2.09. The summed E-state index contributed by atoms with van der Waals surface area (Å²) in [5.41, 5.74) is 6.07. The van der Waals surface area contributed by atoms with Gasteiger partial charge in [-0.1, -0.05) is 29.3 Å². The second-order valence-corrected chi connectivity index (χ2v) is 5.91. The number of rotatable bonds is 3. The Labute approximate surface area is 134 Å². The summed E-state index contributed by atoms with van der Waals surface area (Å²) in [4.78, 5) is 0. The van der Waals surface area contributed by atoms with E-state index < -0.39 is 11.9 Å². The maximum absolute atomic E-state index is 13.8. The Kier molecular flexibility index (Phi) is 4.91. The van der Waals surface area contributed by atoms with Crippen molar-refractivity contribution in [2.24, 2.45) is 5.73 Å². The largest absolute Gasteiger partial charge is 0.455 e. The molecule has 2 aromatic rings. The standard InChI is InChI=1S/C14H11BrCl2FNO/c1-7(19)14-11(18)3-2-4-12(14)20-13-6-9(16)8(15)5-10(13)17/h2-7H,19H2,1H3. The summed E-state index contributed by atoms with van der Waals surface area (Å²) in [5, 5.41) is 0.810. The van der Waals surface area contributed by atoms with E-state index in [9.17, 15) is 4.39 Å². The molecule has 0 aliphatic rings. The summed E-state index contributed by atoms with van der Waals surface area (Å²) in [6.07, 6.45) is 0. The second-order valence-electron chi connectivity index (χ2n) is 4.24. The molecule has 2 rings (SSSR count). The minimum atomic E-state index is -0.504. The molecule has 106 valence electrons. The highest BCUT2D eigenvalue weighted by atomic mass is 79.9. The first kappa shape index (κ1) is 15.6. The van der Waals surface area contributed by atoms with Crippen LogP contribution < -0.4 is 10.5 Å². The van der Waals surface area contributed by atoms with Gasteiger partial charge in [0, 0.05) is 22.1 Å². The topological polar surface area (TPSA) is 35.2 Å². The molecule has 0 saturated carbocycles. The van der Waals surface area contributed by atoms with Crippen LogP contribution in [0.1, 0.15) is 18.5 Å². The van der Waals surface area contributed by atoms with E-state index in [-0.39, 0.29) is 0 Å². The highest BCUT2D eigenvalue weighted by molar-refractivity contribution is 9.10. The van der Waals surface area contributed by atoms with Crippen molar-refractivity contribution in [2.75, 3.05) is 0 Å². The predicted octanol–water partition coefficient (Wildman–Crippen LogP) is 5.71. The average molecular weight is 379 g/mol. The average Bonchev–Trinajstić information content (AvgIpc) is 2.35. The molecule has 0 radical (unpaired) electrons. The molecule has 0 aliphatic heterocycles. The van der Waals surface area contributed by atoms with E-state index in [0.717, 1.165) is 0 Å². The first-order chi connectivity index (χ1) is 9.40. The lowest BCUT2D eigenvalue weighted by atomic mass is 10.1. The fourth-order valence-corrected chi connectivity index (χ4v) is 2.58. The van der Waals surface area contributed by atoms with E-state index in [1.54, 1.807) is 31.2 Å². The summed E-state index contributed by atoms with van der Waals surface area (Å²) >= 11 is 15.3. The predicted molar refractivity (Wildman–Crippen MR) is 83.2 cm³/mol. The molecule has 2 N–H and O–H groups in total. The lowest BCUT2D eigenvalue weighted by molar-refractivity contribution is 0.461. The van der Waals surface area contributed by atoms with E-state index in [4.69, 9.17) is 33.7 Å². The van der Waals surface area contributed by atoms with Crippen LogP contribution in [-0.2, 0) is 0 Å². The number of hydrogen-bond donors (Lipinski definition) is 1. The van der Waals surface area contributed by atoms with Crippen LogP contribution >= 0.6 is 39.1 Å². The van der Waals surface area contributed by atoms with Crippen LogP contribution in [0.2, 0.25) is 10.0 Å². The summed E-state index contributed by atoms with van der Waals surface area (Å²) < 4.78 is 20.1. The van der Waals surface area contributed by atoms with Gasteiger partial charge in [-0.25, -0.2) is 4.39 Å². The van der Waals surface area contributed by atoms with Crippen molar-refractivity contribution in [2.45, 2.75) is 13.0 Å². The van der Waals surface area contributed by atoms with Crippen LogP contribution in [0, 0.1) is 5.82 Å². The molecule has 0 aromatic heterocycles. The van der Waals surface area contributed by atoms with E-state index in [0.29, 0.717) is 31.6 Å². The molecule has 2 nitrogen and oxygen atoms in total. The van der Waals surface area contributed by atoms with Crippen LogP contribution in [0.25, 0.3) is 0 Å². The first-order valence-electron chi connectivity index (χ1n) is 5.76. The third-order valence-corrected chi connectivity index (χ3v) is 4.16. The Bertz CT molecular complexity index is 649. The zero-order chi connectivity index (χ0) is 14.9. The van der Waals surface area contributed by atoms with E-state index in [2.05, 4.69) is 15.9 Å². The molecule has 0 bridgehead atoms. The van der Waals surface area contributed by atoms with Crippen molar-refractivity contribution < 1.29 is 9.13 Å². The zero-order valence-corrected chi connectivity index (χ0v) is 13.6. The fourth-order valence-electron chi connectivity index (χ4n) is 1.75. The molecule has 0 spiro atoms. The molecule has 0 amide bonds. The van der Waals surface area contributed by atoms with Gasteiger partial charge in [0.1, 0.15) is 17.3 Å². The van der Waals surface area contributed by atoms with E-state index in [1.165, 1.54) is 6.07 Å². The van der Waals surface area contributed by atoms with Crippen molar-refractivity contribution in [3.63, 3.8) is 0 Å². The van der Waals surface area contributed by atoms with Crippen molar-refractivity contribution in [1.29, 1.82) is 0 Å². The van der Waals surface area contributed by atoms with Gasteiger partial charge in [-0.3, -0.25) is 0 Å². The lowest BCUT2D eigenvalue weighted by Gasteiger charge is -2.15. The minimum absolute atomic E-state index is 0.294. The third-order valence-electron chi connectivity index (χ3n) is 2.66. The summed E-state index contributed by atoms with van der Waals surface area (Å²) in [5.74, 6) is 0.240. The summed E-state index contributed by atoms with van der Waals surface area (Å²) in [6.45, 7) is 1.68. The Morgan fingerprint density at radius 1 is 1.20 bits per heavy atom. The molecule has 1 unspecified atom stereocenters. The molecule has 6 heteroatoms. The van der Waals surface area contributed by atoms with Crippen molar-refractivity contribution >= 4 is 39.1 Å². The summed E-state index contributed by atoms with van der Waals surface area (Å²) in [7, 11) is 0. The Balaban J connectivity index is 2.45. The smallest absolute Gasteiger partial charge is 0.147 e. The van der Waals surface area contributed by atoms with Gasteiger partial charge in [-0.2, -0.15) is 0 Å². The molecule has 0 aliphatic carbocycles. The molecular formula is C14H11BrCl2FNO. The molecule has 20 heavy (non-hydrogen) atoms. The number of hydrogen-bond acceptors (Lipinski definition) is 2. The minimum Gasteiger partial charge on any atom is -0.455 e. The van der Waals surface area contributed by atoms with E-state index >= 15 is 0 Å². The maximum atomic E-state index is 13.8. The molecule has 1 atom stereocenters. The van der Waals surface area contributed by atoms with Gasteiger partial charge in [0.15, 0.2) is 0 Å². The van der Waals surface area contributed by atoms with Crippen molar-refractivity contribution in [1.82, 2.24) is 0 Å². The molecule has 2 aromatic carbocycles. The van der Waals surface area contributed by atoms with Gasteiger partial charge < -0.3 is 10.5 Å². The van der Waals surface area contributed by atoms with Crippen molar-refractivity contribution in [3.05, 3.63) is 56.2 Å². The summed E-state index contributed by atoms with van der Waals surface area (Å²) in [6, 6.07) is 7.19. The van der Waals surface area contributed by atoms with Gasteiger partial charge in [0.25, 0.3) is 0 Å². The molecule has 0 heterocycles. The molecule has 0 fully saturated rings. The quantitative estimate of drug-likeness (QED) is 0.694. The Morgan fingerprint density at radius 3 is 2.55 bits per heavy atom.